The molecule has 0 bridgehead atoms. The van der Waals surface area contributed by atoms with E-state index >= 15 is 0 Å². The van der Waals surface area contributed by atoms with E-state index < -0.39 is 0 Å². The zero-order chi connectivity index (χ0) is 26.9. The molecule has 1 amide bonds. The predicted octanol–water partition coefficient (Wildman–Crippen LogP) is 6.16. The largest absolute Gasteiger partial charge is 0.491 e. The van der Waals surface area contributed by atoms with Crippen LogP contribution in [0.5, 0.6) is 5.75 Å². The van der Waals surface area contributed by atoms with E-state index in [-0.39, 0.29) is 30.9 Å². The van der Waals surface area contributed by atoms with Crippen molar-refractivity contribution in [2.45, 2.75) is 33.2 Å². The molecule has 7 nitrogen and oxygen atoms in total. The molecule has 0 saturated carbocycles. The van der Waals surface area contributed by atoms with Gasteiger partial charge in [0.2, 0.25) is 0 Å². The summed E-state index contributed by atoms with van der Waals surface area (Å²) >= 11 is 1.68. The zero-order valence-corrected chi connectivity index (χ0v) is 22.7. The molecule has 38 heavy (non-hydrogen) atoms. The molecule has 1 heterocycles. The van der Waals surface area contributed by atoms with Gasteiger partial charge in [0, 0.05) is 23.4 Å². The van der Waals surface area contributed by atoms with Gasteiger partial charge in [0.1, 0.15) is 17.4 Å². The molecule has 2 N–H and O–H groups in total. The molecule has 0 spiro atoms. The van der Waals surface area contributed by atoms with Crippen molar-refractivity contribution in [1.29, 1.82) is 0 Å². The summed E-state index contributed by atoms with van der Waals surface area (Å²) in [7, 11) is 0. The van der Waals surface area contributed by atoms with E-state index in [1.807, 2.05) is 54.6 Å². The molecule has 198 valence electrons. The maximum atomic E-state index is 12.3. The number of para-hydroxylation sites is 1. The number of carbonyl (C=O) groups is 2. The van der Waals surface area contributed by atoms with E-state index in [4.69, 9.17) is 14.5 Å². The van der Waals surface area contributed by atoms with Crippen LogP contribution in [0.4, 0.5) is 5.69 Å². The first-order chi connectivity index (χ1) is 18.4. The quantitative estimate of drug-likeness (QED) is 0.213. The summed E-state index contributed by atoms with van der Waals surface area (Å²) in [5.74, 6) is 0.581. The summed E-state index contributed by atoms with van der Waals surface area (Å²) in [6.07, 6.45) is 0.153. The van der Waals surface area contributed by atoms with Crippen molar-refractivity contribution >= 4 is 39.1 Å². The van der Waals surface area contributed by atoms with Crippen LogP contribution in [0, 0.1) is 5.92 Å². The van der Waals surface area contributed by atoms with Crippen LogP contribution in [0.1, 0.15) is 37.6 Å². The fraction of sp³-hybridized carbons (Fsp3) is 0.300. The van der Waals surface area contributed by atoms with Gasteiger partial charge in [-0.15, -0.1) is 11.3 Å². The Labute approximate surface area is 227 Å². The molecule has 0 aliphatic rings. The van der Waals surface area contributed by atoms with E-state index in [0.29, 0.717) is 24.7 Å². The average molecular weight is 532 g/mol. The number of aromatic nitrogens is 1. The Balaban J connectivity index is 1.29. The highest BCUT2D eigenvalue weighted by atomic mass is 32.1. The number of hydrogen-bond acceptors (Lipinski definition) is 7. The summed E-state index contributed by atoms with van der Waals surface area (Å²) in [6.45, 7) is 7.11. The number of amides is 1. The fourth-order valence-corrected chi connectivity index (χ4v) is 4.79. The van der Waals surface area contributed by atoms with Gasteiger partial charge in [-0.05, 0) is 73.5 Å². The first-order valence-electron chi connectivity index (χ1n) is 12.8. The van der Waals surface area contributed by atoms with E-state index in [1.165, 1.54) is 4.70 Å². The van der Waals surface area contributed by atoms with Crippen molar-refractivity contribution in [2.75, 3.05) is 25.1 Å². The van der Waals surface area contributed by atoms with Gasteiger partial charge in [0.25, 0.3) is 5.91 Å². The van der Waals surface area contributed by atoms with Crippen LogP contribution in [0.3, 0.4) is 0 Å². The second kappa shape index (κ2) is 13.1. The van der Waals surface area contributed by atoms with E-state index in [1.54, 1.807) is 30.4 Å². The predicted molar refractivity (Wildman–Crippen MR) is 153 cm³/mol. The summed E-state index contributed by atoms with van der Waals surface area (Å²) < 4.78 is 12.2. The Morgan fingerprint density at radius 3 is 2.39 bits per heavy atom. The summed E-state index contributed by atoms with van der Waals surface area (Å²) in [4.78, 5) is 28.5. The van der Waals surface area contributed by atoms with Crippen molar-refractivity contribution < 1.29 is 19.1 Å². The normalized spacial score (nSPS) is 11.8. The highest BCUT2D eigenvalue weighted by Gasteiger charge is 2.15. The maximum Gasteiger partial charge on any atom is 0.307 e. The third-order valence-corrected chi connectivity index (χ3v) is 7.13. The number of nitrogens with one attached hydrogen (secondary N) is 2. The lowest BCUT2D eigenvalue weighted by atomic mass is 10.0. The summed E-state index contributed by atoms with van der Waals surface area (Å²) in [5, 5.41) is 7.25. The Hall–Kier alpha value is -3.91. The number of thiazole rings is 1. The van der Waals surface area contributed by atoms with Crippen molar-refractivity contribution in [3.05, 3.63) is 78.4 Å². The van der Waals surface area contributed by atoms with E-state index in [2.05, 4.69) is 30.5 Å². The van der Waals surface area contributed by atoms with Gasteiger partial charge in [-0.3, -0.25) is 9.59 Å². The SMILES string of the molecule is CCOC(=O)CCNC(=O)c1ccc(N[C@H](COc2ccc(-c3nc4ccccc4s3)cc2)C(C)C)cc1. The molecule has 8 heteroatoms. The maximum absolute atomic E-state index is 12.3. The first kappa shape index (κ1) is 27.1. The Kier molecular flexibility index (Phi) is 9.32. The number of benzene rings is 3. The minimum Gasteiger partial charge on any atom is -0.491 e. The fourth-order valence-electron chi connectivity index (χ4n) is 3.82. The number of fused-ring (bicyclic) bond motifs is 1. The molecule has 0 saturated heterocycles. The van der Waals surface area contributed by atoms with Crippen LogP contribution in [0.2, 0.25) is 0 Å². The highest BCUT2D eigenvalue weighted by molar-refractivity contribution is 7.21. The molecule has 0 radical (unpaired) electrons. The Bertz CT molecular complexity index is 1320. The zero-order valence-electron chi connectivity index (χ0n) is 21.9. The van der Waals surface area contributed by atoms with Gasteiger partial charge < -0.3 is 20.1 Å². The van der Waals surface area contributed by atoms with Crippen molar-refractivity contribution in [3.63, 3.8) is 0 Å². The third kappa shape index (κ3) is 7.32. The average Bonchev–Trinajstić information content (AvgIpc) is 3.36. The topological polar surface area (TPSA) is 89.5 Å². The number of rotatable bonds is 12. The van der Waals surface area contributed by atoms with Gasteiger partial charge in [0.15, 0.2) is 0 Å². The summed E-state index contributed by atoms with van der Waals surface area (Å²) in [5.41, 5.74) is 3.52. The monoisotopic (exact) mass is 531 g/mol. The molecule has 0 aliphatic heterocycles. The minimum absolute atomic E-state index is 0.0724. The Morgan fingerprint density at radius 2 is 1.71 bits per heavy atom. The van der Waals surface area contributed by atoms with Crippen LogP contribution >= 0.6 is 11.3 Å². The molecule has 3 aromatic carbocycles. The molecule has 4 rings (SSSR count). The van der Waals surface area contributed by atoms with Crippen LogP contribution < -0.4 is 15.4 Å². The molecule has 1 atom stereocenters. The lowest BCUT2D eigenvalue weighted by Crippen LogP contribution is -2.32. The van der Waals surface area contributed by atoms with Crippen molar-refractivity contribution in [1.82, 2.24) is 10.3 Å². The van der Waals surface area contributed by atoms with E-state index in [9.17, 15) is 9.59 Å². The number of esters is 1. The molecule has 4 aromatic rings. The second-order valence-electron chi connectivity index (χ2n) is 9.21. The Morgan fingerprint density at radius 1 is 0.974 bits per heavy atom. The molecule has 1 aromatic heterocycles. The van der Waals surface area contributed by atoms with Gasteiger partial charge >= 0.3 is 5.97 Å². The van der Waals surface area contributed by atoms with Crippen molar-refractivity contribution in [3.8, 4) is 16.3 Å². The van der Waals surface area contributed by atoms with Gasteiger partial charge in [-0.1, -0.05) is 26.0 Å². The van der Waals surface area contributed by atoms with Crippen molar-refractivity contribution in [2.24, 2.45) is 5.92 Å². The van der Waals surface area contributed by atoms with E-state index in [0.717, 1.165) is 27.5 Å². The number of nitrogens with zero attached hydrogens (tertiary/aromatic N) is 1. The number of carbonyl (C=O) groups excluding carboxylic acids is 2. The van der Waals surface area contributed by atoms with Crippen LogP contribution in [-0.4, -0.2) is 42.7 Å². The molecule has 0 fully saturated rings. The van der Waals surface area contributed by atoms with Gasteiger partial charge in [-0.25, -0.2) is 4.98 Å². The van der Waals surface area contributed by atoms with Crippen LogP contribution in [-0.2, 0) is 9.53 Å². The lowest BCUT2D eigenvalue weighted by molar-refractivity contribution is -0.142. The van der Waals surface area contributed by atoms with Crippen LogP contribution in [0.25, 0.3) is 20.8 Å². The minimum atomic E-state index is -0.321. The first-order valence-corrected chi connectivity index (χ1v) is 13.6. The second-order valence-corrected chi connectivity index (χ2v) is 10.2. The number of hydrogen-bond donors (Lipinski definition) is 2. The third-order valence-electron chi connectivity index (χ3n) is 6.05. The molecular formula is C30H33N3O4S. The molecule has 0 unspecified atom stereocenters. The summed E-state index contributed by atoms with van der Waals surface area (Å²) in [6, 6.07) is 23.6. The number of ether oxygens (including phenoxy) is 2. The van der Waals surface area contributed by atoms with Gasteiger partial charge in [-0.2, -0.15) is 0 Å². The number of anilines is 1. The molecule has 0 aliphatic carbocycles. The lowest BCUT2D eigenvalue weighted by Gasteiger charge is -2.24. The van der Waals surface area contributed by atoms with Crippen LogP contribution in [0.15, 0.2) is 72.8 Å². The highest BCUT2D eigenvalue weighted by Crippen LogP contribution is 2.31. The smallest absolute Gasteiger partial charge is 0.307 e. The standard InChI is InChI=1S/C30H33N3O4S/c1-4-36-28(34)17-18-31-29(35)21-9-13-23(14-10-21)32-26(20(2)3)19-37-24-15-11-22(12-16-24)30-33-25-7-5-6-8-27(25)38-30/h5-16,20,26,32H,4,17-19H2,1-3H3,(H,31,35)/t26-/m1/s1. The van der Waals surface area contributed by atoms with Gasteiger partial charge in [0.05, 0.1) is 29.3 Å². The molecular weight excluding hydrogens is 498 g/mol.